The van der Waals surface area contributed by atoms with Crippen LogP contribution in [0.2, 0.25) is 0 Å². The summed E-state index contributed by atoms with van der Waals surface area (Å²) in [5.74, 6) is -3.75. The molecule has 2 aromatic rings. The van der Waals surface area contributed by atoms with E-state index < -0.39 is 17.9 Å². The van der Waals surface area contributed by atoms with E-state index in [1.165, 1.54) is 24.6 Å². The van der Waals surface area contributed by atoms with Crippen LogP contribution in [0.5, 0.6) is 0 Å². The molecule has 0 aliphatic heterocycles. The van der Waals surface area contributed by atoms with Crippen LogP contribution in [0.1, 0.15) is 64.1 Å². The lowest BCUT2D eigenvalue weighted by atomic mass is 9.92. The molecular weight excluding hydrogens is 524 g/mol. The zero-order valence-corrected chi connectivity index (χ0v) is 23.8. The van der Waals surface area contributed by atoms with Crippen LogP contribution in [-0.2, 0) is 27.2 Å². The predicted molar refractivity (Wildman–Crippen MR) is 163 cm³/mol. The molecular formula is C33H40O8. The van der Waals surface area contributed by atoms with Crippen LogP contribution in [0.25, 0.3) is 6.08 Å². The first-order chi connectivity index (χ1) is 19.4. The van der Waals surface area contributed by atoms with Gasteiger partial charge in [-0.25, -0.2) is 19.2 Å². The van der Waals surface area contributed by atoms with Crippen molar-refractivity contribution < 1.29 is 39.2 Å². The van der Waals surface area contributed by atoms with E-state index in [4.69, 9.17) is 10.2 Å². The molecule has 0 saturated heterocycles. The lowest BCUT2D eigenvalue weighted by molar-refractivity contribution is -0.138. The van der Waals surface area contributed by atoms with Crippen LogP contribution >= 0.6 is 0 Å². The third kappa shape index (κ3) is 17.3. The molecule has 0 heterocycles. The second-order valence-electron chi connectivity index (χ2n) is 8.15. The number of carboxylic acid groups (broad SMARTS) is 3. The van der Waals surface area contributed by atoms with Crippen LogP contribution in [0.4, 0.5) is 0 Å². The number of allylic oxidation sites excluding steroid dienone is 2. The van der Waals surface area contributed by atoms with Gasteiger partial charge < -0.3 is 20.1 Å². The van der Waals surface area contributed by atoms with Crippen LogP contribution in [0.3, 0.4) is 0 Å². The summed E-state index contributed by atoms with van der Waals surface area (Å²) in [6, 6.07) is 13.0. The number of rotatable bonds is 12. The molecule has 0 amide bonds. The molecule has 0 bridgehead atoms. The highest BCUT2D eigenvalue weighted by Crippen LogP contribution is 2.22. The standard InChI is InChI=1S/C14H14O4.C8H8.C7H12O2.C4H6O2/c1-3-5-9-7-8-11(13(15)16)12(14(17)18)10(9)6-4-2;1-2-8-6-4-3-5-7-8;1-3-5-6-9-7(8)4-2;1-3(2)4(5)6/h3-4,7-8H,1-2,5-6H2,(H,15,16)(H,17,18);2-7H,1H2;4H,2-3,5-6H2,1H3;1H2,2H3,(H,5,6). The summed E-state index contributed by atoms with van der Waals surface area (Å²) in [6.45, 7) is 21.2. The van der Waals surface area contributed by atoms with Crippen molar-refractivity contribution in [3.63, 3.8) is 0 Å². The van der Waals surface area contributed by atoms with Gasteiger partial charge in [0.25, 0.3) is 0 Å². The Balaban J connectivity index is 0. The number of carbonyl (C=O) groups is 4. The molecule has 0 aliphatic carbocycles. The number of esters is 1. The zero-order valence-electron chi connectivity index (χ0n) is 23.8. The summed E-state index contributed by atoms with van der Waals surface area (Å²) >= 11 is 0. The third-order valence-corrected chi connectivity index (χ3v) is 4.88. The molecule has 8 nitrogen and oxygen atoms in total. The third-order valence-electron chi connectivity index (χ3n) is 4.88. The fourth-order valence-electron chi connectivity index (χ4n) is 2.80. The number of unbranched alkanes of at least 4 members (excludes halogenated alkanes) is 1. The lowest BCUT2D eigenvalue weighted by Gasteiger charge is -2.12. The summed E-state index contributed by atoms with van der Waals surface area (Å²) in [5, 5.41) is 26.1. The van der Waals surface area contributed by atoms with E-state index in [1.54, 1.807) is 18.2 Å². The SMILES string of the molecule is C=C(C)C(=O)O.C=CC(=O)OCCCC.C=CCc1ccc(C(=O)O)c(C(=O)O)c1CC=C.C=Cc1ccccc1. The molecule has 0 aromatic heterocycles. The van der Waals surface area contributed by atoms with E-state index in [0.717, 1.165) is 18.4 Å². The predicted octanol–water partition coefficient (Wildman–Crippen LogP) is 7.03. The van der Waals surface area contributed by atoms with Crippen molar-refractivity contribution in [2.75, 3.05) is 6.61 Å². The Bertz CT molecular complexity index is 1180. The van der Waals surface area contributed by atoms with Gasteiger partial charge in [0.1, 0.15) is 0 Å². The van der Waals surface area contributed by atoms with E-state index in [0.29, 0.717) is 25.0 Å². The molecule has 2 aromatic carbocycles. The highest BCUT2D eigenvalue weighted by atomic mass is 16.5. The van der Waals surface area contributed by atoms with E-state index in [1.807, 2.05) is 43.3 Å². The highest BCUT2D eigenvalue weighted by Gasteiger charge is 2.21. The van der Waals surface area contributed by atoms with Gasteiger partial charge in [0.05, 0.1) is 17.7 Å². The molecule has 8 heteroatoms. The average Bonchev–Trinajstić information content (AvgIpc) is 2.95. The van der Waals surface area contributed by atoms with Crippen molar-refractivity contribution in [1.29, 1.82) is 0 Å². The van der Waals surface area contributed by atoms with Crippen LogP contribution in [0, 0.1) is 0 Å². The van der Waals surface area contributed by atoms with Gasteiger partial charge in [0.15, 0.2) is 0 Å². The maximum Gasteiger partial charge on any atom is 0.336 e. The van der Waals surface area contributed by atoms with E-state index in [2.05, 4.69) is 37.6 Å². The fraction of sp³-hybridized carbons (Fsp3) is 0.212. The molecule has 2 rings (SSSR count). The summed E-state index contributed by atoms with van der Waals surface area (Å²) < 4.78 is 4.67. The van der Waals surface area contributed by atoms with Gasteiger partial charge in [0, 0.05) is 11.6 Å². The van der Waals surface area contributed by atoms with Crippen molar-refractivity contribution >= 4 is 30.0 Å². The number of benzene rings is 2. The van der Waals surface area contributed by atoms with E-state index in [-0.39, 0.29) is 22.7 Å². The second-order valence-corrected chi connectivity index (χ2v) is 8.15. The minimum absolute atomic E-state index is 0.165. The Hall–Kier alpha value is -4.98. The van der Waals surface area contributed by atoms with Crippen LogP contribution in [0.15, 0.2) is 99.2 Å². The number of ether oxygens (including phenoxy) is 1. The topological polar surface area (TPSA) is 138 Å². The van der Waals surface area contributed by atoms with Gasteiger partial charge in [-0.05, 0) is 48.9 Å². The number of hydrogen-bond donors (Lipinski definition) is 3. The smallest absolute Gasteiger partial charge is 0.336 e. The molecule has 41 heavy (non-hydrogen) atoms. The molecule has 220 valence electrons. The van der Waals surface area contributed by atoms with Gasteiger partial charge >= 0.3 is 23.9 Å². The number of aromatic carboxylic acids is 2. The molecule has 0 unspecified atom stereocenters. The Morgan fingerprint density at radius 3 is 1.78 bits per heavy atom. The first kappa shape index (κ1) is 38.2. The minimum atomic E-state index is -1.25. The second kappa shape index (κ2) is 23.0. The summed E-state index contributed by atoms with van der Waals surface area (Å²) in [7, 11) is 0. The maximum absolute atomic E-state index is 11.3. The Labute approximate surface area is 242 Å². The van der Waals surface area contributed by atoms with Gasteiger partial charge in [-0.3, -0.25) is 0 Å². The van der Waals surface area contributed by atoms with Crippen molar-refractivity contribution in [3.05, 3.63) is 127 Å². The molecule has 3 N–H and O–H groups in total. The molecule has 0 saturated carbocycles. The van der Waals surface area contributed by atoms with Crippen molar-refractivity contribution in [2.45, 2.75) is 39.5 Å². The number of aliphatic carboxylic acids is 1. The van der Waals surface area contributed by atoms with Gasteiger partial charge in [0.2, 0.25) is 0 Å². The molecule has 0 spiro atoms. The summed E-state index contributed by atoms with van der Waals surface area (Å²) in [4.78, 5) is 42.2. The molecule has 0 radical (unpaired) electrons. The van der Waals surface area contributed by atoms with E-state index in [9.17, 15) is 24.3 Å². The minimum Gasteiger partial charge on any atom is -0.478 e. The molecule has 0 atom stereocenters. The first-order valence-corrected chi connectivity index (χ1v) is 12.6. The number of hydrogen-bond acceptors (Lipinski definition) is 5. The largest absolute Gasteiger partial charge is 0.478 e. The summed E-state index contributed by atoms with van der Waals surface area (Å²) in [5.41, 5.74) is 2.22. The molecule has 0 fully saturated rings. The first-order valence-electron chi connectivity index (χ1n) is 12.6. The fourth-order valence-corrected chi connectivity index (χ4v) is 2.80. The Morgan fingerprint density at radius 2 is 1.41 bits per heavy atom. The normalized spacial score (nSPS) is 8.93. The highest BCUT2D eigenvalue weighted by molar-refractivity contribution is 6.03. The monoisotopic (exact) mass is 564 g/mol. The maximum atomic E-state index is 11.3. The number of carbonyl (C=O) groups excluding carboxylic acids is 1. The van der Waals surface area contributed by atoms with Crippen LogP contribution in [-0.4, -0.2) is 45.8 Å². The van der Waals surface area contributed by atoms with Crippen molar-refractivity contribution in [1.82, 2.24) is 0 Å². The Morgan fingerprint density at radius 1 is 0.854 bits per heavy atom. The van der Waals surface area contributed by atoms with Gasteiger partial charge in [-0.1, -0.05) is 87.7 Å². The quantitative estimate of drug-likeness (QED) is 0.108. The average molecular weight is 565 g/mol. The van der Waals surface area contributed by atoms with Crippen molar-refractivity contribution in [2.24, 2.45) is 0 Å². The summed E-state index contributed by atoms with van der Waals surface area (Å²) in [6.07, 6.45) is 8.99. The van der Waals surface area contributed by atoms with Crippen molar-refractivity contribution in [3.8, 4) is 0 Å². The van der Waals surface area contributed by atoms with Gasteiger partial charge in [-0.2, -0.15) is 0 Å². The molecule has 0 aliphatic rings. The van der Waals surface area contributed by atoms with Crippen LogP contribution < -0.4 is 0 Å². The number of carboxylic acids is 3. The Kier molecular flexibility index (Phi) is 21.4. The zero-order chi connectivity index (χ0) is 31.8. The van der Waals surface area contributed by atoms with E-state index >= 15 is 0 Å². The van der Waals surface area contributed by atoms with Gasteiger partial charge in [-0.15, -0.1) is 13.2 Å². The lowest BCUT2D eigenvalue weighted by Crippen LogP contribution is -2.13.